The summed E-state index contributed by atoms with van der Waals surface area (Å²) in [5, 5.41) is 0. The summed E-state index contributed by atoms with van der Waals surface area (Å²) in [6.45, 7) is 0. The molecule has 1 nitrogen and oxygen atoms in total. The molecular weight excluding hydrogens is 225 g/mol. The van der Waals surface area contributed by atoms with Gasteiger partial charge in [-0.2, -0.15) is 0 Å². The Bertz CT molecular complexity index is 15.5. The van der Waals surface area contributed by atoms with Crippen molar-refractivity contribution in [2.24, 2.45) is 0 Å². The number of hydrogen-bond donors (Lipinski definition) is 0. The van der Waals surface area contributed by atoms with Crippen LogP contribution in [-0.4, -0.2) is 13.9 Å². The van der Waals surface area contributed by atoms with Crippen LogP contribution in [0.25, 0.3) is 0 Å². The van der Waals surface area contributed by atoms with Gasteiger partial charge < -0.3 is 6.90 Å². The van der Waals surface area contributed by atoms with Gasteiger partial charge in [-0.25, -0.2) is 0 Å². The average molecular weight is 233 g/mol. The summed E-state index contributed by atoms with van der Waals surface area (Å²) < 4.78 is 0. The van der Waals surface area contributed by atoms with Gasteiger partial charge in [-0.05, 0) is 0 Å². The van der Waals surface area contributed by atoms with E-state index in [0.717, 1.165) is 0 Å². The van der Waals surface area contributed by atoms with Crippen molar-refractivity contribution in [2.75, 3.05) is 0 Å². The van der Waals surface area contributed by atoms with Gasteiger partial charge in [0, 0.05) is 41.7 Å². The number of halogens is 1. The summed E-state index contributed by atoms with van der Waals surface area (Å²) in [6, 6.07) is 0. The smallest absolute Gasteiger partial charge is 1.00 e. The second-order valence-corrected chi connectivity index (χ2v) is 0. The zero-order chi connectivity index (χ0) is 0. The molecular formula is H8BCeClNaO-. The Kier molecular flexibility index (Phi) is 284. The molecule has 30 valence electrons. The number of hydrogen-bond acceptors (Lipinski definition) is 0. The van der Waals surface area contributed by atoms with E-state index in [9.17, 15) is 0 Å². The molecule has 0 saturated carbocycles. The van der Waals surface area contributed by atoms with E-state index in [1.165, 1.54) is 0 Å². The third-order valence-corrected chi connectivity index (χ3v) is 0. The van der Waals surface area contributed by atoms with Crippen LogP contribution in [0.4, 0.5) is 0 Å². The topological polar surface area (TPSA) is 31.5 Å². The fourth-order valence-electron chi connectivity index (χ4n) is 0. The van der Waals surface area contributed by atoms with Crippen LogP contribution in [0.15, 0.2) is 0 Å². The van der Waals surface area contributed by atoms with Crippen molar-refractivity contribution in [1.82, 2.24) is 0 Å². The van der Waals surface area contributed by atoms with Gasteiger partial charge in [0.1, 0.15) is 0 Å². The normalized spacial score (nSPS) is 0. The molecule has 0 aliphatic heterocycles. The van der Waals surface area contributed by atoms with Crippen LogP contribution < -0.4 is 29.6 Å². The molecule has 0 radical (unpaired) electrons. The summed E-state index contributed by atoms with van der Waals surface area (Å²) in [7, 11) is 0. The minimum Gasteiger partial charge on any atom is -1.00 e. The van der Waals surface area contributed by atoms with Gasteiger partial charge in [0.05, 0.1) is 0 Å². The van der Waals surface area contributed by atoms with Crippen molar-refractivity contribution in [3.05, 3.63) is 0 Å². The van der Waals surface area contributed by atoms with Crippen LogP contribution in [0.1, 0.15) is 1.43 Å². The SMILES string of the molecule is Cl.O.[BH4-].[Ce].[H-].[Na+]. The molecule has 0 aromatic rings. The first kappa shape index (κ1) is 47.5. The molecule has 0 bridgehead atoms. The molecule has 0 fully saturated rings. The van der Waals surface area contributed by atoms with Gasteiger partial charge in [0.2, 0.25) is 0 Å². The Labute approximate surface area is 97.1 Å². The van der Waals surface area contributed by atoms with Crippen molar-refractivity contribution in [3.63, 3.8) is 0 Å². The molecule has 0 heterocycles. The van der Waals surface area contributed by atoms with Gasteiger partial charge in [0.25, 0.3) is 0 Å². The Morgan fingerprint density at radius 3 is 1.20 bits per heavy atom. The van der Waals surface area contributed by atoms with Gasteiger partial charge >= 0.3 is 29.6 Å². The zero-order valence-electron chi connectivity index (χ0n) is 3.41. The van der Waals surface area contributed by atoms with Crippen molar-refractivity contribution < 1.29 is 78.2 Å². The zero-order valence-corrected chi connectivity index (χ0v) is 8.36. The van der Waals surface area contributed by atoms with E-state index in [0.29, 0.717) is 0 Å². The van der Waals surface area contributed by atoms with Crippen LogP contribution in [0.3, 0.4) is 0 Å². The Hall–Kier alpha value is 2.69. The van der Waals surface area contributed by atoms with Crippen molar-refractivity contribution in [2.45, 2.75) is 0 Å². The molecule has 2 N–H and O–H groups in total. The van der Waals surface area contributed by atoms with Crippen molar-refractivity contribution >= 4 is 20.8 Å². The molecule has 0 aliphatic rings. The molecule has 0 aliphatic carbocycles. The van der Waals surface area contributed by atoms with E-state index in [1.54, 1.807) is 0 Å². The maximum absolute atomic E-state index is 0. The quantitative estimate of drug-likeness (QED) is 0.377. The minimum absolute atomic E-state index is 0. The van der Waals surface area contributed by atoms with Gasteiger partial charge in [-0.1, -0.05) is 8.41 Å². The third kappa shape index (κ3) is 20.3. The summed E-state index contributed by atoms with van der Waals surface area (Å²) in [5.41, 5.74) is 0. The molecule has 0 spiro atoms. The van der Waals surface area contributed by atoms with E-state index < -0.39 is 0 Å². The van der Waals surface area contributed by atoms with E-state index in [4.69, 9.17) is 0 Å². The second-order valence-electron chi connectivity index (χ2n) is 0. The maximum Gasteiger partial charge on any atom is 1.00 e. The predicted molar refractivity (Wildman–Crippen MR) is 23.3 cm³/mol. The average Bonchev–Trinajstić information content (AvgIpc) is 0. The Morgan fingerprint density at radius 2 is 1.20 bits per heavy atom. The molecule has 0 aromatic heterocycles. The van der Waals surface area contributed by atoms with Crippen LogP contribution in [0.2, 0.25) is 0 Å². The molecule has 0 saturated heterocycles. The molecule has 5 heavy (non-hydrogen) atoms. The van der Waals surface area contributed by atoms with Crippen LogP contribution in [-0.2, 0) is 0 Å². The molecule has 0 atom stereocenters. The molecule has 0 unspecified atom stereocenters. The second kappa shape index (κ2) is 29.9. The largest absolute Gasteiger partial charge is 1.00 e. The molecule has 0 aromatic carbocycles. The standard InChI is InChI=1S/BH4.Ce.ClH.Na.H2O.H/h1H4;;1H;;1H2;/q-1;;;+1;;-1. The molecule has 0 amide bonds. The first-order valence-corrected chi connectivity index (χ1v) is 0. The fraction of sp³-hybridized carbons (Fsp3) is 0. The maximum atomic E-state index is 0. The van der Waals surface area contributed by atoms with Gasteiger partial charge in [-0.15, -0.1) is 12.4 Å². The fourth-order valence-corrected chi connectivity index (χ4v) is 0. The molecule has 0 rings (SSSR count). The Morgan fingerprint density at radius 1 is 1.20 bits per heavy atom. The van der Waals surface area contributed by atoms with Gasteiger partial charge in [-0.3, -0.25) is 0 Å². The summed E-state index contributed by atoms with van der Waals surface area (Å²) in [6.07, 6.45) is 0. The minimum atomic E-state index is 0. The monoisotopic (exact) mass is 233 g/mol. The summed E-state index contributed by atoms with van der Waals surface area (Å²) in [5.74, 6) is 0. The predicted octanol–water partition coefficient (Wildman–Crippen LogP) is -4.74. The third-order valence-electron chi connectivity index (χ3n) is 0. The molecule has 5 heteroatoms. The van der Waals surface area contributed by atoms with Crippen molar-refractivity contribution in [3.8, 4) is 0 Å². The van der Waals surface area contributed by atoms with E-state index >= 15 is 0 Å². The summed E-state index contributed by atoms with van der Waals surface area (Å²) >= 11 is 0. The first-order chi connectivity index (χ1) is 0. The number of rotatable bonds is 0. The van der Waals surface area contributed by atoms with Gasteiger partial charge in [0.15, 0.2) is 0 Å². The van der Waals surface area contributed by atoms with Crippen LogP contribution >= 0.6 is 12.4 Å². The Balaban J connectivity index is 0. The van der Waals surface area contributed by atoms with Crippen LogP contribution in [0, 0.1) is 41.7 Å². The van der Waals surface area contributed by atoms with E-state index in [1.807, 2.05) is 0 Å². The van der Waals surface area contributed by atoms with E-state index in [-0.39, 0.29) is 99.0 Å². The first-order valence-electron chi connectivity index (χ1n) is 0. The summed E-state index contributed by atoms with van der Waals surface area (Å²) in [4.78, 5) is 0. The van der Waals surface area contributed by atoms with Crippen molar-refractivity contribution in [1.29, 1.82) is 0 Å². The van der Waals surface area contributed by atoms with E-state index in [2.05, 4.69) is 0 Å². The van der Waals surface area contributed by atoms with Crippen LogP contribution in [0.5, 0.6) is 0 Å².